The van der Waals surface area contributed by atoms with Crippen LogP contribution in [0, 0.1) is 11.8 Å². The summed E-state index contributed by atoms with van der Waals surface area (Å²) in [5, 5.41) is 0.582. The third kappa shape index (κ3) is 2.14. The normalized spacial score (nSPS) is 37.5. The van der Waals surface area contributed by atoms with Crippen molar-refractivity contribution in [2.45, 2.75) is 24.5 Å². The summed E-state index contributed by atoms with van der Waals surface area (Å²) < 4.78 is 6.42. The lowest BCUT2D eigenvalue weighted by atomic mass is 9.73. The Morgan fingerprint density at radius 1 is 1.43 bits per heavy atom. The predicted molar refractivity (Wildman–Crippen MR) is 81.6 cm³/mol. The molecule has 3 fully saturated rings. The zero-order chi connectivity index (χ0) is 14.6. The molecule has 0 saturated carbocycles. The Bertz CT molecular complexity index is 537. The molecule has 3 aliphatic rings. The first kappa shape index (κ1) is 13.7. The molecule has 0 aromatic carbocycles. The van der Waals surface area contributed by atoms with Crippen LogP contribution in [0.15, 0.2) is 12.4 Å². The van der Waals surface area contributed by atoms with Crippen molar-refractivity contribution in [3.8, 4) is 0 Å². The SMILES string of the molecule is CN(C)C[C@H]1[C@H]2CN(c3ncc(Cl)cn3)C[C@]23CC[C@H]1O3. The average Bonchev–Trinajstić information content (AvgIpc) is 3.09. The summed E-state index contributed by atoms with van der Waals surface area (Å²) in [4.78, 5) is 13.3. The van der Waals surface area contributed by atoms with Crippen molar-refractivity contribution in [1.29, 1.82) is 0 Å². The zero-order valence-electron chi connectivity index (χ0n) is 12.5. The maximum Gasteiger partial charge on any atom is 0.225 e. The molecule has 4 rings (SSSR count). The maximum absolute atomic E-state index is 6.42. The van der Waals surface area contributed by atoms with Crippen LogP contribution in [0.1, 0.15) is 12.8 Å². The molecule has 0 unspecified atom stereocenters. The van der Waals surface area contributed by atoms with E-state index < -0.39 is 0 Å². The highest BCUT2D eigenvalue weighted by Crippen LogP contribution is 2.55. The van der Waals surface area contributed by atoms with Gasteiger partial charge in [-0.15, -0.1) is 0 Å². The van der Waals surface area contributed by atoms with Gasteiger partial charge in [0, 0.05) is 24.9 Å². The Morgan fingerprint density at radius 3 is 2.90 bits per heavy atom. The number of halogens is 1. The zero-order valence-corrected chi connectivity index (χ0v) is 13.3. The molecule has 4 heterocycles. The van der Waals surface area contributed by atoms with Crippen LogP contribution in [0.3, 0.4) is 0 Å². The van der Waals surface area contributed by atoms with Gasteiger partial charge in [0.05, 0.1) is 35.7 Å². The highest BCUT2D eigenvalue weighted by Gasteiger charge is 2.63. The van der Waals surface area contributed by atoms with E-state index in [0.717, 1.165) is 25.6 Å². The van der Waals surface area contributed by atoms with Crippen molar-refractivity contribution in [2.75, 3.05) is 38.6 Å². The van der Waals surface area contributed by atoms with Gasteiger partial charge >= 0.3 is 0 Å². The number of hydrogen-bond acceptors (Lipinski definition) is 5. The molecule has 3 aliphatic heterocycles. The van der Waals surface area contributed by atoms with Crippen LogP contribution in [-0.4, -0.2) is 60.3 Å². The lowest BCUT2D eigenvalue weighted by Gasteiger charge is -2.30. The summed E-state index contributed by atoms with van der Waals surface area (Å²) >= 11 is 5.88. The van der Waals surface area contributed by atoms with Crippen molar-refractivity contribution in [3.63, 3.8) is 0 Å². The smallest absolute Gasteiger partial charge is 0.225 e. The number of hydrogen-bond donors (Lipinski definition) is 0. The summed E-state index contributed by atoms with van der Waals surface area (Å²) in [5.41, 5.74) is 0.0361. The lowest BCUT2D eigenvalue weighted by Crippen LogP contribution is -2.40. The van der Waals surface area contributed by atoms with Crippen LogP contribution in [0.4, 0.5) is 5.95 Å². The Balaban J connectivity index is 1.57. The van der Waals surface area contributed by atoms with Crippen LogP contribution in [0.2, 0.25) is 5.02 Å². The number of nitrogens with zero attached hydrogens (tertiary/aromatic N) is 4. The molecule has 4 atom stereocenters. The minimum absolute atomic E-state index is 0.0361. The largest absolute Gasteiger partial charge is 0.369 e. The van der Waals surface area contributed by atoms with Gasteiger partial charge < -0.3 is 14.5 Å². The van der Waals surface area contributed by atoms with E-state index >= 15 is 0 Å². The lowest BCUT2D eigenvalue weighted by molar-refractivity contribution is 0.0136. The Hall–Kier alpha value is -0.910. The molecule has 3 saturated heterocycles. The second kappa shape index (κ2) is 4.80. The number of aromatic nitrogens is 2. The fraction of sp³-hybridized carbons (Fsp3) is 0.733. The highest BCUT2D eigenvalue weighted by molar-refractivity contribution is 6.30. The average molecular weight is 309 g/mol. The van der Waals surface area contributed by atoms with Crippen molar-refractivity contribution in [2.24, 2.45) is 11.8 Å². The molecule has 114 valence electrons. The second-order valence-corrected chi connectivity index (χ2v) is 7.31. The number of rotatable bonds is 3. The fourth-order valence-corrected chi connectivity index (χ4v) is 4.57. The molecule has 0 amide bonds. The standard InChI is InChI=1S/C15H21ClN4O/c1-19(2)7-11-12-8-20(14-17-5-10(16)6-18-14)9-15(12)4-3-13(11)21-15/h5-6,11-13H,3-4,7-9H2,1-2H3/t11-,12+,13+,15+/m0/s1. The molecule has 1 spiro atoms. The van der Waals surface area contributed by atoms with Gasteiger partial charge in [0.2, 0.25) is 5.95 Å². The molecule has 0 N–H and O–H groups in total. The summed E-state index contributed by atoms with van der Waals surface area (Å²) in [6.45, 7) is 3.02. The summed E-state index contributed by atoms with van der Waals surface area (Å²) in [5.74, 6) is 2.00. The van der Waals surface area contributed by atoms with Gasteiger partial charge in [0.25, 0.3) is 0 Å². The van der Waals surface area contributed by atoms with Gasteiger partial charge in [-0.1, -0.05) is 11.6 Å². The van der Waals surface area contributed by atoms with Crippen LogP contribution in [0.25, 0.3) is 0 Å². The van der Waals surface area contributed by atoms with Crippen LogP contribution in [0.5, 0.6) is 0 Å². The highest BCUT2D eigenvalue weighted by atomic mass is 35.5. The molecule has 1 aromatic rings. The molecule has 1 aromatic heterocycles. The van der Waals surface area contributed by atoms with Crippen LogP contribution >= 0.6 is 11.6 Å². The van der Waals surface area contributed by atoms with E-state index in [1.54, 1.807) is 12.4 Å². The molecular formula is C15H21ClN4O. The first-order valence-electron chi connectivity index (χ1n) is 7.62. The number of ether oxygens (including phenoxy) is 1. The van der Waals surface area contributed by atoms with E-state index in [0.29, 0.717) is 23.0 Å². The first-order valence-corrected chi connectivity index (χ1v) is 8.00. The van der Waals surface area contributed by atoms with Crippen LogP contribution < -0.4 is 4.90 Å². The second-order valence-electron chi connectivity index (χ2n) is 6.87. The van der Waals surface area contributed by atoms with E-state index in [1.165, 1.54) is 12.8 Å². The van der Waals surface area contributed by atoms with E-state index in [1.807, 2.05) is 0 Å². The predicted octanol–water partition coefficient (Wildman–Crippen LogP) is 1.68. The summed E-state index contributed by atoms with van der Waals surface area (Å²) in [6, 6.07) is 0. The quantitative estimate of drug-likeness (QED) is 0.850. The van der Waals surface area contributed by atoms with Crippen molar-refractivity contribution < 1.29 is 4.74 Å². The fourth-order valence-electron chi connectivity index (χ4n) is 4.48. The minimum atomic E-state index is 0.0361. The van der Waals surface area contributed by atoms with Gasteiger partial charge in [-0.3, -0.25) is 0 Å². The molecule has 0 aliphatic carbocycles. The maximum atomic E-state index is 6.42. The topological polar surface area (TPSA) is 41.5 Å². The van der Waals surface area contributed by atoms with E-state index in [2.05, 4.69) is 33.9 Å². The molecule has 6 heteroatoms. The Kier molecular flexibility index (Phi) is 3.14. The van der Waals surface area contributed by atoms with E-state index in [9.17, 15) is 0 Å². The van der Waals surface area contributed by atoms with Gasteiger partial charge in [-0.25, -0.2) is 9.97 Å². The summed E-state index contributed by atoms with van der Waals surface area (Å²) in [6.07, 6.45) is 6.17. The third-order valence-corrected chi connectivity index (χ3v) is 5.44. The van der Waals surface area contributed by atoms with Gasteiger partial charge in [0.1, 0.15) is 0 Å². The Morgan fingerprint density at radius 2 is 2.19 bits per heavy atom. The molecule has 0 radical (unpaired) electrons. The number of anilines is 1. The number of fused-ring (bicyclic) bond motifs is 1. The minimum Gasteiger partial charge on any atom is -0.369 e. The van der Waals surface area contributed by atoms with Crippen molar-refractivity contribution in [3.05, 3.63) is 17.4 Å². The monoisotopic (exact) mass is 308 g/mol. The molecule has 2 bridgehead atoms. The van der Waals surface area contributed by atoms with Crippen molar-refractivity contribution in [1.82, 2.24) is 14.9 Å². The van der Waals surface area contributed by atoms with Crippen LogP contribution in [-0.2, 0) is 4.74 Å². The van der Waals surface area contributed by atoms with E-state index in [-0.39, 0.29) is 5.60 Å². The molecule has 21 heavy (non-hydrogen) atoms. The van der Waals surface area contributed by atoms with Gasteiger partial charge in [0.15, 0.2) is 0 Å². The molecule has 5 nitrogen and oxygen atoms in total. The summed E-state index contributed by atoms with van der Waals surface area (Å²) in [7, 11) is 4.29. The van der Waals surface area contributed by atoms with Crippen molar-refractivity contribution >= 4 is 17.5 Å². The first-order chi connectivity index (χ1) is 10.1. The van der Waals surface area contributed by atoms with Gasteiger partial charge in [-0.2, -0.15) is 0 Å². The van der Waals surface area contributed by atoms with E-state index in [4.69, 9.17) is 16.3 Å². The van der Waals surface area contributed by atoms with Gasteiger partial charge in [-0.05, 0) is 26.9 Å². The Labute approximate surface area is 130 Å². The molecular weight excluding hydrogens is 288 g/mol. The third-order valence-electron chi connectivity index (χ3n) is 5.25.